The molecule has 0 saturated carbocycles. The van der Waals surface area contributed by atoms with Crippen molar-refractivity contribution in [2.24, 2.45) is 5.41 Å². The van der Waals surface area contributed by atoms with Crippen molar-refractivity contribution in [3.05, 3.63) is 120 Å². The Morgan fingerprint density at radius 1 is 0.821 bits per heavy atom. The Morgan fingerprint density at radius 3 is 2.21 bits per heavy atom. The quantitative estimate of drug-likeness (QED) is 0.0822. The maximum absolute atomic E-state index is 14.6. The zero-order valence-electron chi connectivity index (χ0n) is 33.5. The summed E-state index contributed by atoms with van der Waals surface area (Å²) >= 11 is 0. The number of anilines is 2. The minimum atomic E-state index is -0.992. The van der Waals surface area contributed by atoms with Crippen molar-refractivity contribution >= 4 is 35.2 Å². The van der Waals surface area contributed by atoms with Crippen molar-refractivity contribution in [2.45, 2.75) is 78.3 Å². The molecule has 3 N–H and O–H groups in total. The van der Waals surface area contributed by atoms with Crippen molar-refractivity contribution < 1.29 is 24.3 Å². The van der Waals surface area contributed by atoms with E-state index in [9.17, 15) is 24.3 Å². The van der Waals surface area contributed by atoms with Crippen molar-refractivity contribution in [3.63, 3.8) is 0 Å². The number of para-hydroxylation sites is 1. The van der Waals surface area contributed by atoms with E-state index in [0.29, 0.717) is 29.8 Å². The third-order valence-corrected chi connectivity index (χ3v) is 10.6. The van der Waals surface area contributed by atoms with Crippen LogP contribution in [0.5, 0.6) is 0 Å². The topological polar surface area (TPSA) is 122 Å². The summed E-state index contributed by atoms with van der Waals surface area (Å²) in [6, 6.07) is 30.9. The van der Waals surface area contributed by atoms with Gasteiger partial charge < -0.3 is 25.5 Å². The monoisotopic (exact) mass is 759 g/mol. The molecule has 10 nitrogen and oxygen atoms in total. The number of piperazine rings is 1. The molecule has 0 spiro atoms. The zero-order chi connectivity index (χ0) is 40.2. The van der Waals surface area contributed by atoms with Gasteiger partial charge in [0, 0.05) is 62.1 Å². The molecule has 1 fully saturated rings. The third kappa shape index (κ3) is 10.8. The fourth-order valence-corrected chi connectivity index (χ4v) is 7.24. The van der Waals surface area contributed by atoms with E-state index in [4.69, 9.17) is 0 Å². The van der Waals surface area contributed by atoms with E-state index in [1.165, 1.54) is 24.2 Å². The molecular weight excluding hydrogens is 703 g/mol. The van der Waals surface area contributed by atoms with Crippen LogP contribution in [0.4, 0.5) is 21.0 Å². The second kappa shape index (κ2) is 19.3. The van der Waals surface area contributed by atoms with Crippen molar-refractivity contribution in [3.8, 4) is 11.1 Å². The molecule has 1 aliphatic rings. The fraction of sp³-hybridized carbons (Fsp3) is 0.391. The number of carbonyl (C=O) groups excluding carboxylic acids is 3. The second-order valence-electron chi connectivity index (χ2n) is 15.7. The van der Waals surface area contributed by atoms with E-state index in [1.54, 1.807) is 35.0 Å². The highest BCUT2D eigenvalue weighted by Gasteiger charge is 2.40. The Kier molecular flexibility index (Phi) is 14.3. The van der Waals surface area contributed by atoms with Crippen LogP contribution in [0.15, 0.2) is 103 Å². The van der Waals surface area contributed by atoms with E-state index in [2.05, 4.69) is 17.6 Å². The lowest BCUT2D eigenvalue weighted by atomic mass is 9.84. The highest BCUT2D eigenvalue weighted by molar-refractivity contribution is 6.12. The van der Waals surface area contributed by atoms with E-state index < -0.39 is 17.6 Å². The van der Waals surface area contributed by atoms with Crippen molar-refractivity contribution in [1.29, 1.82) is 0 Å². The summed E-state index contributed by atoms with van der Waals surface area (Å²) in [5.74, 6) is -0.315. The second-order valence-corrected chi connectivity index (χ2v) is 15.7. The van der Waals surface area contributed by atoms with Crippen LogP contribution in [-0.4, -0.2) is 84.0 Å². The summed E-state index contributed by atoms with van der Waals surface area (Å²) in [5, 5.41) is 16.4. The maximum atomic E-state index is 14.6. The van der Waals surface area contributed by atoms with Gasteiger partial charge >= 0.3 is 12.1 Å². The van der Waals surface area contributed by atoms with Gasteiger partial charge in [-0.05, 0) is 52.8 Å². The molecule has 1 aliphatic heterocycles. The molecule has 296 valence electrons. The molecular formula is C46H57N5O5. The number of carboxylic acid groups (broad SMARTS) is 1. The standard InChI is InChI=1S/C46H57N5O5/c1-6-7-8-9-15-27-47-44(54)49(5)37-20-16-19-36(31-37)34-25-23-33(24-26-34)30-40(43(53)50-28-29-51(45(55)56)41(32-50)46(2,3)4)48-39-22-14-13-21-38(39)42(52)35-17-11-10-12-18-35/h10-14,16-26,31,40-41,48H,6-9,15,27-30,32H2,1-5H3,(H,47,54)(H,55,56). The molecule has 4 aromatic carbocycles. The van der Waals surface area contributed by atoms with Crippen LogP contribution in [0.1, 0.15) is 81.3 Å². The molecule has 0 radical (unpaired) electrons. The molecule has 5 rings (SSSR count). The predicted molar refractivity (Wildman–Crippen MR) is 224 cm³/mol. The van der Waals surface area contributed by atoms with Crippen LogP contribution in [0, 0.1) is 5.41 Å². The van der Waals surface area contributed by atoms with Crippen molar-refractivity contribution in [1.82, 2.24) is 15.1 Å². The average molecular weight is 760 g/mol. The number of hydrogen-bond acceptors (Lipinski definition) is 5. The average Bonchev–Trinajstić information content (AvgIpc) is 3.21. The molecule has 1 heterocycles. The summed E-state index contributed by atoms with van der Waals surface area (Å²) in [5.41, 5.74) is 4.78. The Labute approximate surface area is 331 Å². The lowest BCUT2D eigenvalue weighted by Gasteiger charge is -2.46. The van der Waals surface area contributed by atoms with E-state index in [0.717, 1.165) is 35.2 Å². The predicted octanol–water partition coefficient (Wildman–Crippen LogP) is 8.96. The van der Waals surface area contributed by atoms with Crippen LogP contribution in [0.3, 0.4) is 0 Å². The van der Waals surface area contributed by atoms with Gasteiger partial charge in [0.2, 0.25) is 5.91 Å². The first-order valence-corrected chi connectivity index (χ1v) is 19.8. The number of nitrogens with zero attached hydrogens (tertiary/aromatic N) is 3. The van der Waals surface area contributed by atoms with Gasteiger partial charge in [0.05, 0.1) is 6.04 Å². The van der Waals surface area contributed by atoms with Crippen LogP contribution in [0.25, 0.3) is 11.1 Å². The number of rotatable bonds is 15. The summed E-state index contributed by atoms with van der Waals surface area (Å²) in [6.45, 7) is 9.54. The normalized spacial score (nSPS) is 14.8. The molecule has 2 atom stereocenters. The molecule has 1 saturated heterocycles. The highest BCUT2D eigenvalue weighted by atomic mass is 16.4. The number of benzene rings is 4. The number of unbranched alkanes of at least 4 members (excludes halogenated alkanes) is 4. The first-order valence-electron chi connectivity index (χ1n) is 19.8. The number of urea groups is 1. The van der Waals surface area contributed by atoms with Gasteiger partial charge in [-0.3, -0.25) is 14.5 Å². The van der Waals surface area contributed by atoms with Gasteiger partial charge in [-0.1, -0.05) is 132 Å². The number of nitrogens with one attached hydrogen (secondary N) is 2. The van der Waals surface area contributed by atoms with Gasteiger partial charge in [0.25, 0.3) is 0 Å². The SMILES string of the molecule is CCCCCCCNC(=O)N(C)c1cccc(-c2ccc(CC(Nc3ccccc3C(=O)c3ccccc3)C(=O)N3CCN(C(=O)O)C(C(C)(C)C)C3)cc2)c1. The summed E-state index contributed by atoms with van der Waals surface area (Å²) in [4.78, 5) is 58.1. The summed E-state index contributed by atoms with van der Waals surface area (Å²) < 4.78 is 0. The zero-order valence-corrected chi connectivity index (χ0v) is 33.5. The van der Waals surface area contributed by atoms with Gasteiger partial charge in [-0.15, -0.1) is 0 Å². The molecule has 10 heteroatoms. The van der Waals surface area contributed by atoms with E-state index in [1.807, 2.05) is 106 Å². The smallest absolute Gasteiger partial charge is 0.407 e. The Hall–Kier alpha value is -5.64. The molecule has 0 aromatic heterocycles. The maximum Gasteiger partial charge on any atom is 0.407 e. The fourth-order valence-electron chi connectivity index (χ4n) is 7.24. The van der Waals surface area contributed by atoms with Crippen LogP contribution < -0.4 is 15.5 Å². The lowest BCUT2D eigenvalue weighted by molar-refractivity contribution is -0.135. The lowest BCUT2D eigenvalue weighted by Crippen LogP contribution is -2.62. The molecule has 4 amide bonds. The third-order valence-electron chi connectivity index (χ3n) is 10.6. The number of carbonyl (C=O) groups is 4. The Balaban J connectivity index is 1.37. The van der Waals surface area contributed by atoms with E-state index in [-0.39, 0.29) is 43.4 Å². The Bertz CT molecular complexity index is 1940. The van der Waals surface area contributed by atoms with E-state index >= 15 is 0 Å². The number of hydrogen-bond donors (Lipinski definition) is 3. The van der Waals surface area contributed by atoms with Crippen molar-refractivity contribution in [2.75, 3.05) is 43.4 Å². The number of amides is 4. The van der Waals surface area contributed by atoms with Gasteiger partial charge in [-0.25, -0.2) is 9.59 Å². The molecule has 4 aromatic rings. The first kappa shape index (κ1) is 41.5. The molecule has 0 aliphatic carbocycles. The number of ketones is 1. The van der Waals surface area contributed by atoms with Crippen LogP contribution in [-0.2, 0) is 11.2 Å². The molecule has 56 heavy (non-hydrogen) atoms. The summed E-state index contributed by atoms with van der Waals surface area (Å²) in [7, 11) is 1.77. The minimum absolute atomic E-state index is 0.138. The van der Waals surface area contributed by atoms with Gasteiger partial charge in [0.1, 0.15) is 6.04 Å². The largest absolute Gasteiger partial charge is 0.465 e. The van der Waals surface area contributed by atoms with Crippen LogP contribution >= 0.6 is 0 Å². The van der Waals surface area contributed by atoms with Gasteiger partial charge in [0.15, 0.2) is 5.78 Å². The first-order chi connectivity index (χ1) is 26.9. The van der Waals surface area contributed by atoms with Gasteiger partial charge in [-0.2, -0.15) is 0 Å². The molecule has 2 unspecified atom stereocenters. The Morgan fingerprint density at radius 2 is 1.52 bits per heavy atom. The highest BCUT2D eigenvalue weighted by Crippen LogP contribution is 2.30. The molecule has 0 bridgehead atoms. The minimum Gasteiger partial charge on any atom is -0.465 e. The van der Waals surface area contributed by atoms with Crippen LogP contribution in [0.2, 0.25) is 0 Å². The summed E-state index contributed by atoms with van der Waals surface area (Å²) in [6.07, 6.45) is 5.00.